The Morgan fingerprint density at radius 1 is 1.04 bits per heavy atom. The van der Waals surface area contributed by atoms with Gasteiger partial charge < -0.3 is 15.0 Å². The highest BCUT2D eigenvalue weighted by Gasteiger charge is 2.32. The summed E-state index contributed by atoms with van der Waals surface area (Å²) in [4.78, 5) is 28.8. The Morgan fingerprint density at radius 3 is 2.35 bits per heavy atom. The Kier molecular flexibility index (Phi) is 5.54. The molecular weight excluding hydrogens is 294 g/mol. The fraction of sp³-hybridized carbons (Fsp3) is 0.882. The third kappa shape index (κ3) is 4.04. The molecule has 1 N–H and O–H groups in total. The summed E-state index contributed by atoms with van der Waals surface area (Å²) in [6.07, 6.45) is 6.27. The molecule has 2 heterocycles. The molecule has 0 aromatic carbocycles. The van der Waals surface area contributed by atoms with E-state index in [-0.39, 0.29) is 24.0 Å². The molecule has 0 aromatic heterocycles. The van der Waals surface area contributed by atoms with Crippen LogP contribution in [0.4, 0.5) is 0 Å². The lowest BCUT2D eigenvalue weighted by Crippen LogP contribution is -2.56. The van der Waals surface area contributed by atoms with Gasteiger partial charge in [0.15, 0.2) is 0 Å². The van der Waals surface area contributed by atoms with Crippen molar-refractivity contribution >= 4 is 11.8 Å². The van der Waals surface area contributed by atoms with Crippen LogP contribution in [0.5, 0.6) is 0 Å². The van der Waals surface area contributed by atoms with Gasteiger partial charge in [0, 0.05) is 38.8 Å². The Balaban J connectivity index is 1.44. The van der Waals surface area contributed by atoms with Gasteiger partial charge in [-0.2, -0.15) is 0 Å². The SMILES string of the molecule is CC(C(=O)NC1CCCC1)N1CCN(C(=O)C2CCCO2)CC1. The number of ether oxygens (including phenoxy) is 1. The zero-order valence-corrected chi connectivity index (χ0v) is 14.1. The number of nitrogens with one attached hydrogen (secondary N) is 1. The quantitative estimate of drug-likeness (QED) is 0.830. The van der Waals surface area contributed by atoms with Crippen LogP contribution in [0.25, 0.3) is 0 Å². The van der Waals surface area contributed by atoms with Crippen molar-refractivity contribution in [2.45, 2.75) is 63.6 Å². The van der Waals surface area contributed by atoms with Crippen LogP contribution in [0.1, 0.15) is 45.4 Å². The van der Waals surface area contributed by atoms with E-state index in [9.17, 15) is 9.59 Å². The molecule has 1 saturated carbocycles. The second-order valence-corrected chi connectivity index (χ2v) is 7.03. The number of carbonyl (C=O) groups is 2. The lowest BCUT2D eigenvalue weighted by Gasteiger charge is -2.38. The largest absolute Gasteiger partial charge is 0.368 e. The molecule has 23 heavy (non-hydrogen) atoms. The van der Waals surface area contributed by atoms with Crippen molar-refractivity contribution in [1.29, 1.82) is 0 Å². The number of piperazine rings is 1. The number of amides is 2. The minimum atomic E-state index is -0.232. The third-order valence-corrected chi connectivity index (χ3v) is 5.46. The minimum Gasteiger partial charge on any atom is -0.368 e. The van der Waals surface area contributed by atoms with E-state index in [0.29, 0.717) is 25.7 Å². The maximum absolute atomic E-state index is 12.4. The fourth-order valence-electron chi connectivity index (χ4n) is 3.86. The first-order valence-corrected chi connectivity index (χ1v) is 9.10. The summed E-state index contributed by atoms with van der Waals surface area (Å²) in [7, 11) is 0. The van der Waals surface area contributed by atoms with Crippen LogP contribution < -0.4 is 5.32 Å². The molecule has 3 aliphatic rings. The number of hydrogen-bond donors (Lipinski definition) is 1. The van der Waals surface area contributed by atoms with Crippen molar-refractivity contribution in [2.75, 3.05) is 32.8 Å². The second kappa shape index (κ2) is 7.62. The Hall–Kier alpha value is -1.14. The van der Waals surface area contributed by atoms with E-state index in [2.05, 4.69) is 10.2 Å². The molecule has 2 amide bonds. The Bertz CT molecular complexity index is 423. The molecular formula is C17H29N3O3. The lowest BCUT2D eigenvalue weighted by atomic mass is 10.1. The average molecular weight is 323 g/mol. The van der Waals surface area contributed by atoms with E-state index >= 15 is 0 Å². The van der Waals surface area contributed by atoms with Crippen LogP contribution in [-0.2, 0) is 14.3 Å². The monoisotopic (exact) mass is 323 g/mol. The first-order valence-electron chi connectivity index (χ1n) is 9.10. The Morgan fingerprint density at radius 2 is 1.74 bits per heavy atom. The molecule has 0 spiro atoms. The predicted molar refractivity (Wildman–Crippen MR) is 87.0 cm³/mol. The number of rotatable bonds is 4. The van der Waals surface area contributed by atoms with Gasteiger partial charge in [-0.15, -0.1) is 0 Å². The summed E-state index contributed by atoms with van der Waals surface area (Å²) in [6.45, 7) is 5.59. The van der Waals surface area contributed by atoms with Gasteiger partial charge in [-0.1, -0.05) is 12.8 Å². The molecule has 6 heteroatoms. The van der Waals surface area contributed by atoms with Crippen molar-refractivity contribution in [3.8, 4) is 0 Å². The molecule has 2 aliphatic heterocycles. The van der Waals surface area contributed by atoms with Crippen molar-refractivity contribution < 1.29 is 14.3 Å². The van der Waals surface area contributed by atoms with Gasteiger partial charge in [0.2, 0.25) is 5.91 Å². The highest BCUT2D eigenvalue weighted by Crippen LogP contribution is 2.19. The fourth-order valence-corrected chi connectivity index (χ4v) is 3.86. The second-order valence-electron chi connectivity index (χ2n) is 7.03. The summed E-state index contributed by atoms with van der Waals surface area (Å²) >= 11 is 0. The van der Waals surface area contributed by atoms with E-state index in [4.69, 9.17) is 4.74 Å². The van der Waals surface area contributed by atoms with Gasteiger partial charge in [-0.05, 0) is 32.6 Å². The standard InChI is InChI=1S/C17H29N3O3/c1-13(16(21)18-14-5-2-3-6-14)19-8-10-20(11-9-19)17(22)15-7-4-12-23-15/h13-15H,2-12H2,1H3,(H,18,21). The zero-order chi connectivity index (χ0) is 16.2. The van der Waals surface area contributed by atoms with Crippen LogP contribution in [0, 0.1) is 0 Å². The van der Waals surface area contributed by atoms with Gasteiger partial charge in [0.1, 0.15) is 6.10 Å². The highest BCUT2D eigenvalue weighted by molar-refractivity contribution is 5.82. The van der Waals surface area contributed by atoms with Crippen LogP contribution in [-0.4, -0.2) is 72.6 Å². The molecule has 1 aliphatic carbocycles. The minimum absolute atomic E-state index is 0.115. The average Bonchev–Trinajstić information content (AvgIpc) is 3.27. The van der Waals surface area contributed by atoms with Crippen LogP contribution >= 0.6 is 0 Å². The first-order chi connectivity index (χ1) is 11.1. The third-order valence-electron chi connectivity index (χ3n) is 5.46. The van der Waals surface area contributed by atoms with E-state index in [1.165, 1.54) is 12.8 Å². The molecule has 3 rings (SSSR count). The van der Waals surface area contributed by atoms with Crippen molar-refractivity contribution in [1.82, 2.24) is 15.1 Å². The zero-order valence-electron chi connectivity index (χ0n) is 14.1. The molecule has 3 fully saturated rings. The van der Waals surface area contributed by atoms with Gasteiger partial charge in [0.25, 0.3) is 5.91 Å². The van der Waals surface area contributed by atoms with Gasteiger partial charge in [-0.3, -0.25) is 14.5 Å². The van der Waals surface area contributed by atoms with Crippen LogP contribution in [0.3, 0.4) is 0 Å². The maximum Gasteiger partial charge on any atom is 0.251 e. The van der Waals surface area contributed by atoms with Gasteiger partial charge >= 0.3 is 0 Å². The summed E-state index contributed by atoms with van der Waals surface area (Å²) in [5.74, 6) is 0.265. The topological polar surface area (TPSA) is 61.9 Å². The summed E-state index contributed by atoms with van der Waals surface area (Å²) in [5, 5.41) is 3.17. The Labute approximate surface area is 138 Å². The van der Waals surface area contributed by atoms with Crippen molar-refractivity contribution in [3.63, 3.8) is 0 Å². The predicted octanol–water partition coefficient (Wildman–Crippen LogP) is 0.757. The van der Waals surface area contributed by atoms with Crippen molar-refractivity contribution in [2.24, 2.45) is 0 Å². The van der Waals surface area contributed by atoms with Gasteiger partial charge in [-0.25, -0.2) is 0 Å². The highest BCUT2D eigenvalue weighted by atomic mass is 16.5. The van der Waals surface area contributed by atoms with Crippen molar-refractivity contribution in [3.05, 3.63) is 0 Å². The number of hydrogen-bond acceptors (Lipinski definition) is 4. The van der Waals surface area contributed by atoms with Gasteiger partial charge in [0.05, 0.1) is 6.04 Å². The van der Waals surface area contributed by atoms with E-state index in [0.717, 1.165) is 38.8 Å². The molecule has 130 valence electrons. The molecule has 2 unspecified atom stereocenters. The normalized spacial score (nSPS) is 28.0. The van der Waals surface area contributed by atoms with Crippen LogP contribution in [0.2, 0.25) is 0 Å². The molecule has 2 atom stereocenters. The van der Waals surface area contributed by atoms with Crippen LogP contribution in [0.15, 0.2) is 0 Å². The number of carbonyl (C=O) groups excluding carboxylic acids is 2. The lowest BCUT2D eigenvalue weighted by molar-refractivity contribution is -0.143. The summed E-state index contributed by atoms with van der Waals surface area (Å²) < 4.78 is 5.49. The summed E-state index contributed by atoms with van der Waals surface area (Å²) in [6, 6.07) is 0.253. The first kappa shape index (κ1) is 16.7. The molecule has 0 radical (unpaired) electrons. The summed E-state index contributed by atoms with van der Waals surface area (Å²) in [5.41, 5.74) is 0. The molecule has 6 nitrogen and oxygen atoms in total. The smallest absolute Gasteiger partial charge is 0.251 e. The maximum atomic E-state index is 12.4. The molecule has 0 aromatic rings. The van der Waals surface area contributed by atoms with E-state index in [1.54, 1.807) is 0 Å². The van der Waals surface area contributed by atoms with E-state index < -0.39 is 0 Å². The number of nitrogens with zero attached hydrogens (tertiary/aromatic N) is 2. The van der Waals surface area contributed by atoms with E-state index in [1.807, 2.05) is 11.8 Å². The molecule has 2 saturated heterocycles. The molecule has 0 bridgehead atoms.